The van der Waals surface area contributed by atoms with E-state index in [1.165, 1.54) is 12.1 Å². The van der Waals surface area contributed by atoms with Crippen molar-refractivity contribution in [3.63, 3.8) is 0 Å². The maximum atomic E-state index is 12.2. The minimum Gasteiger partial charge on any atom is -0.480 e. The Morgan fingerprint density at radius 3 is 2.19 bits per heavy atom. The largest absolute Gasteiger partial charge is 0.480 e. The lowest BCUT2D eigenvalue weighted by molar-refractivity contribution is -0.142. The summed E-state index contributed by atoms with van der Waals surface area (Å²) in [5, 5.41) is 13.6. The lowest BCUT2D eigenvalue weighted by atomic mass is 10.0. The SMILES string of the molecule is CC(C)C[C@H](NC(=O)CNC(=O)c1ccc(SC(F)(F)F)cc1)C(=O)O. The molecule has 6 nitrogen and oxygen atoms in total. The van der Waals surface area contributed by atoms with Crippen molar-refractivity contribution in [3.8, 4) is 0 Å². The van der Waals surface area contributed by atoms with Gasteiger partial charge in [-0.25, -0.2) is 4.79 Å². The number of rotatable bonds is 8. The molecule has 0 aliphatic rings. The van der Waals surface area contributed by atoms with Crippen molar-refractivity contribution in [1.29, 1.82) is 0 Å². The summed E-state index contributed by atoms with van der Waals surface area (Å²) >= 11 is -0.298. The Kier molecular flexibility index (Phi) is 7.94. The summed E-state index contributed by atoms with van der Waals surface area (Å²) in [5.74, 6) is -2.44. The molecule has 26 heavy (non-hydrogen) atoms. The van der Waals surface area contributed by atoms with E-state index in [1.54, 1.807) is 0 Å². The number of thioether (sulfide) groups is 1. The highest BCUT2D eigenvalue weighted by molar-refractivity contribution is 8.00. The van der Waals surface area contributed by atoms with Gasteiger partial charge in [0.05, 0.1) is 6.54 Å². The quantitative estimate of drug-likeness (QED) is 0.591. The molecule has 0 saturated heterocycles. The predicted molar refractivity (Wildman–Crippen MR) is 89.7 cm³/mol. The Morgan fingerprint density at radius 2 is 1.73 bits per heavy atom. The molecule has 3 N–H and O–H groups in total. The molecule has 0 aliphatic heterocycles. The number of carboxylic acids is 1. The summed E-state index contributed by atoms with van der Waals surface area (Å²) < 4.78 is 36.7. The van der Waals surface area contributed by atoms with E-state index in [4.69, 9.17) is 5.11 Å². The number of alkyl halides is 3. The number of carbonyl (C=O) groups excluding carboxylic acids is 2. The lowest BCUT2D eigenvalue weighted by Gasteiger charge is -2.16. The first-order chi connectivity index (χ1) is 12.0. The van der Waals surface area contributed by atoms with Gasteiger partial charge in [-0.05, 0) is 48.4 Å². The van der Waals surface area contributed by atoms with Crippen molar-refractivity contribution in [3.05, 3.63) is 29.8 Å². The second-order valence-electron chi connectivity index (χ2n) is 5.84. The van der Waals surface area contributed by atoms with Crippen LogP contribution in [0.4, 0.5) is 13.2 Å². The van der Waals surface area contributed by atoms with Gasteiger partial charge in [0.25, 0.3) is 5.91 Å². The zero-order valence-corrected chi connectivity index (χ0v) is 14.9. The molecule has 1 rings (SSSR count). The number of benzene rings is 1. The van der Waals surface area contributed by atoms with E-state index in [2.05, 4.69) is 10.6 Å². The fourth-order valence-electron chi connectivity index (χ4n) is 2.01. The summed E-state index contributed by atoms with van der Waals surface area (Å²) in [4.78, 5) is 34.7. The Balaban J connectivity index is 2.55. The number of halogens is 3. The second kappa shape index (κ2) is 9.46. The van der Waals surface area contributed by atoms with Gasteiger partial charge in [0.2, 0.25) is 5.91 Å². The number of hydrogen-bond donors (Lipinski definition) is 3. The van der Waals surface area contributed by atoms with Crippen LogP contribution in [-0.2, 0) is 9.59 Å². The van der Waals surface area contributed by atoms with E-state index in [9.17, 15) is 27.6 Å². The van der Waals surface area contributed by atoms with Crippen LogP contribution in [0.3, 0.4) is 0 Å². The maximum Gasteiger partial charge on any atom is 0.446 e. The molecule has 0 bridgehead atoms. The molecule has 144 valence electrons. The third-order valence-corrected chi connectivity index (χ3v) is 3.84. The van der Waals surface area contributed by atoms with Crippen molar-refractivity contribution < 1.29 is 32.7 Å². The van der Waals surface area contributed by atoms with Gasteiger partial charge in [-0.2, -0.15) is 13.2 Å². The van der Waals surface area contributed by atoms with Gasteiger partial charge >= 0.3 is 11.5 Å². The smallest absolute Gasteiger partial charge is 0.446 e. The molecule has 0 unspecified atom stereocenters. The molecule has 0 aromatic heterocycles. The number of carboxylic acid groups (broad SMARTS) is 1. The molecular weight excluding hydrogens is 373 g/mol. The molecule has 2 amide bonds. The summed E-state index contributed by atoms with van der Waals surface area (Å²) in [6.45, 7) is 3.18. The molecule has 1 atom stereocenters. The topological polar surface area (TPSA) is 95.5 Å². The number of nitrogens with one attached hydrogen (secondary N) is 2. The Hall–Kier alpha value is -2.23. The zero-order chi connectivity index (χ0) is 19.9. The van der Waals surface area contributed by atoms with Gasteiger partial charge in [-0.15, -0.1) is 0 Å². The summed E-state index contributed by atoms with van der Waals surface area (Å²) in [5.41, 5.74) is -4.33. The van der Waals surface area contributed by atoms with Gasteiger partial charge < -0.3 is 15.7 Å². The van der Waals surface area contributed by atoms with E-state index in [1.807, 2.05) is 13.8 Å². The predicted octanol–water partition coefficient (Wildman–Crippen LogP) is 2.64. The van der Waals surface area contributed by atoms with Crippen molar-refractivity contribution in [2.45, 2.75) is 36.7 Å². The molecule has 0 heterocycles. The van der Waals surface area contributed by atoms with Crippen molar-refractivity contribution >= 4 is 29.5 Å². The fourth-order valence-corrected chi connectivity index (χ4v) is 2.55. The lowest BCUT2D eigenvalue weighted by Crippen LogP contribution is -2.46. The average molecular weight is 392 g/mol. The van der Waals surface area contributed by atoms with E-state index in [0.717, 1.165) is 12.1 Å². The Bertz CT molecular complexity index is 648. The van der Waals surface area contributed by atoms with Crippen LogP contribution in [-0.4, -0.2) is 41.0 Å². The van der Waals surface area contributed by atoms with Crippen molar-refractivity contribution in [1.82, 2.24) is 10.6 Å². The van der Waals surface area contributed by atoms with Crippen LogP contribution >= 0.6 is 11.8 Å². The Labute approximate surface area is 152 Å². The highest BCUT2D eigenvalue weighted by Gasteiger charge is 2.29. The van der Waals surface area contributed by atoms with E-state index in [-0.39, 0.29) is 34.6 Å². The van der Waals surface area contributed by atoms with Crippen LogP contribution in [0.2, 0.25) is 0 Å². The summed E-state index contributed by atoms with van der Waals surface area (Å²) in [6, 6.07) is 3.66. The molecule has 0 spiro atoms. The molecule has 0 saturated carbocycles. The first-order valence-corrected chi connectivity index (χ1v) is 8.45. The van der Waals surface area contributed by atoms with Crippen LogP contribution in [0.15, 0.2) is 29.2 Å². The normalized spacial score (nSPS) is 12.5. The third kappa shape index (κ3) is 8.24. The highest BCUT2D eigenvalue weighted by Crippen LogP contribution is 2.36. The summed E-state index contributed by atoms with van der Waals surface area (Å²) in [6.07, 6.45) is 0.243. The summed E-state index contributed by atoms with van der Waals surface area (Å²) in [7, 11) is 0. The minimum atomic E-state index is -4.42. The molecule has 1 aromatic rings. The number of carbonyl (C=O) groups is 3. The first kappa shape index (κ1) is 21.8. The molecule has 10 heteroatoms. The van der Waals surface area contributed by atoms with Crippen LogP contribution in [0, 0.1) is 5.92 Å². The van der Waals surface area contributed by atoms with Crippen molar-refractivity contribution in [2.75, 3.05) is 6.54 Å². The zero-order valence-electron chi connectivity index (χ0n) is 14.1. The van der Waals surface area contributed by atoms with Crippen LogP contribution in [0.5, 0.6) is 0 Å². The highest BCUT2D eigenvalue weighted by atomic mass is 32.2. The monoisotopic (exact) mass is 392 g/mol. The first-order valence-electron chi connectivity index (χ1n) is 7.64. The van der Waals surface area contributed by atoms with Crippen molar-refractivity contribution in [2.24, 2.45) is 5.92 Å². The van der Waals surface area contributed by atoms with Gasteiger partial charge in [-0.1, -0.05) is 13.8 Å². The molecule has 0 aliphatic carbocycles. The second-order valence-corrected chi connectivity index (χ2v) is 6.98. The molecule has 1 aromatic carbocycles. The van der Waals surface area contributed by atoms with Gasteiger partial charge in [-0.3, -0.25) is 9.59 Å². The molecule has 0 fully saturated rings. The maximum absolute atomic E-state index is 12.2. The average Bonchev–Trinajstić information content (AvgIpc) is 2.50. The van der Waals surface area contributed by atoms with E-state index >= 15 is 0 Å². The molecule has 0 radical (unpaired) electrons. The van der Waals surface area contributed by atoms with E-state index < -0.39 is 35.9 Å². The van der Waals surface area contributed by atoms with E-state index in [0.29, 0.717) is 0 Å². The standard InChI is InChI=1S/C16H19F3N2O4S/c1-9(2)7-12(15(24)25)21-13(22)8-20-14(23)10-3-5-11(6-4-10)26-16(17,18)19/h3-6,9,12H,7-8H2,1-2H3,(H,20,23)(H,21,22)(H,24,25)/t12-/m0/s1. The number of amides is 2. The van der Waals surface area contributed by atoms with Crippen LogP contribution in [0.25, 0.3) is 0 Å². The Morgan fingerprint density at radius 1 is 1.15 bits per heavy atom. The van der Waals surface area contributed by atoms with Gasteiger partial charge in [0.15, 0.2) is 0 Å². The number of aliphatic carboxylic acids is 1. The van der Waals surface area contributed by atoms with Gasteiger partial charge in [0.1, 0.15) is 6.04 Å². The third-order valence-electron chi connectivity index (χ3n) is 3.10. The van der Waals surface area contributed by atoms with Gasteiger partial charge in [0, 0.05) is 10.5 Å². The number of hydrogen-bond acceptors (Lipinski definition) is 4. The molecular formula is C16H19F3N2O4S. The minimum absolute atomic E-state index is 0.0547. The van der Waals surface area contributed by atoms with Crippen LogP contribution < -0.4 is 10.6 Å². The fraction of sp³-hybridized carbons (Fsp3) is 0.438. The van der Waals surface area contributed by atoms with Crippen LogP contribution in [0.1, 0.15) is 30.6 Å².